The Morgan fingerprint density at radius 3 is 2.42 bits per heavy atom. The molecule has 2 aliphatic rings. The molecule has 0 saturated heterocycles. The molecule has 1 aromatic carbocycles. The quantitative estimate of drug-likeness (QED) is 0.814. The Kier molecular flexibility index (Phi) is 2.69. The van der Waals surface area contributed by atoms with Gasteiger partial charge in [-0.2, -0.15) is 13.2 Å². The highest BCUT2D eigenvalue weighted by Gasteiger charge is 2.53. The van der Waals surface area contributed by atoms with Crippen LogP contribution in [0.5, 0.6) is 0 Å². The van der Waals surface area contributed by atoms with Crippen LogP contribution in [0, 0.1) is 11.3 Å². The highest BCUT2D eigenvalue weighted by Crippen LogP contribution is 2.61. The molecule has 0 unspecified atom stereocenters. The van der Waals surface area contributed by atoms with Gasteiger partial charge in [0.2, 0.25) is 0 Å². The van der Waals surface area contributed by atoms with Gasteiger partial charge in [0.1, 0.15) is 0 Å². The lowest BCUT2D eigenvalue weighted by Gasteiger charge is -2.18. The topological polar surface area (TPSA) is 38.0 Å². The minimum absolute atomic E-state index is 0.168. The van der Waals surface area contributed by atoms with E-state index in [1.807, 2.05) is 0 Å². The molecule has 1 aromatic rings. The molecule has 2 aliphatic carbocycles. The minimum atomic E-state index is -4.33. The van der Waals surface area contributed by atoms with Crippen molar-refractivity contribution in [3.8, 4) is 0 Å². The van der Waals surface area contributed by atoms with Gasteiger partial charge < -0.3 is 11.1 Å². The SMILES string of the molecule is Nc1cc(C(F)(F)F)ccc1NCC1(C2CC2)CC1. The zero-order valence-electron chi connectivity index (χ0n) is 10.6. The first-order valence-corrected chi connectivity index (χ1v) is 6.61. The van der Waals surface area contributed by atoms with Crippen molar-refractivity contribution in [3.63, 3.8) is 0 Å². The van der Waals surface area contributed by atoms with E-state index in [0.29, 0.717) is 11.1 Å². The second-order valence-corrected chi connectivity index (χ2v) is 5.79. The second-order valence-electron chi connectivity index (χ2n) is 5.79. The number of nitrogens with two attached hydrogens (primary N) is 1. The van der Waals surface area contributed by atoms with E-state index < -0.39 is 11.7 Å². The number of rotatable bonds is 4. The number of nitrogen functional groups attached to an aromatic ring is 1. The highest BCUT2D eigenvalue weighted by molar-refractivity contribution is 5.67. The fourth-order valence-corrected chi connectivity index (χ4v) is 2.76. The predicted octanol–water partition coefficient (Wildman–Crippen LogP) is 3.89. The minimum Gasteiger partial charge on any atom is -0.397 e. The molecule has 104 valence electrons. The molecule has 2 fully saturated rings. The van der Waals surface area contributed by atoms with E-state index in [1.165, 1.54) is 31.7 Å². The number of nitrogens with one attached hydrogen (secondary N) is 1. The number of hydrogen-bond donors (Lipinski definition) is 2. The van der Waals surface area contributed by atoms with Gasteiger partial charge in [-0.3, -0.25) is 0 Å². The van der Waals surface area contributed by atoms with Gasteiger partial charge in [0, 0.05) is 6.54 Å². The average molecular weight is 270 g/mol. The third-order valence-electron chi connectivity index (χ3n) is 4.35. The molecule has 2 saturated carbocycles. The maximum atomic E-state index is 12.5. The first-order valence-electron chi connectivity index (χ1n) is 6.61. The van der Waals surface area contributed by atoms with Crippen LogP contribution in [0.2, 0.25) is 0 Å². The molecule has 0 atom stereocenters. The van der Waals surface area contributed by atoms with Gasteiger partial charge >= 0.3 is 6.18 Å². The molecule has 0 spiro atoms. The monoisotopic (exact) mass is 270 g/mol. The number of hydrogen-bond acceptors (Lipinski definition) is 2. The van der Waals surface area contributed by atoms with E-state index >= 15 is 0 Å². The third-order valence-corrected chi connectivity index (χ3v) is 4.35. The lowest BCUT2D eigenvalue weighted by molar-refractivity contribution is -0.137. The molecule has 0 heterocycles. The fourth-order valence-electron chi connectivity index (χ4n) is 2.76. The number of halogens is 3. The van der Waals surface area contributed by atoms with E-state index in [0.717, 1.165) is 24.6 Å². The molecule has 0 bridgehead atoms. The van der Waals surface area contributed by atoms with Gasteiger partial charge in [0.05, 0.1) is 16.9 Å². The van der Waals surface area contributed by atoms with E-state index in [-0.39, 0.29) is 5.69 Å². The maximum absolute atomic E-state index is 12.5. The van der Waals surface area contributed by atoms with Crippen molar-refractivity contribution in [1.82, 2.24) is 0 Å². The molecular weight excluding hydrogens is 253 g/mol. The molecule has 0 amide bonds. The molecule has 0 radical (unpaired) electrons. The zero-order chi connectivity index (χ0) is 13.7. The van der Waals surface area contributed by atoms with Crippen LogP contribution in [0.4, 0.5) is 24.5 Å². The average Bonchev–Trinajstić information content (AvgIpc) is 3.18. The van der Waals surface area contributed by atoms with Crippen molar-refractivity contribution < 1.29 is 13.2 Å². The Hall–Kier alpha value is -1.39. The van der Waals surface area contributed by atoms with Crippen LogP contribution in [0.25, 0.3) is 0 Å². The molecule has 3 N–H and O–H groups in total. The van der Waals surface area contributed by atoms with Crippen LogP contribution in [0.1, 0.15) is 31.2 Å². The molecule has 3 rings (SSSR count). The van der Waals surface area contributed by atoms with Crippen LogP contribution >= 0.6 is 0 Å². The molecule has 19 heavy (non-hydrogen) atoms. The number of anilines is 2. The first-order chi connectivity index (χ1) is 8.91. The largest absolute Gasteiger partial charge is 0.416 e. The second kappa shape index (κ2) is 4.05. The van der Waals surface area contributed by atoms with Crippen LogP contribution in [0.3, 0.4) is 0 Å². The summed E-state index contributed by atoms with van der Waals surface area (Å²) in [7, 11) is 0. The summed E-state index contributed by atoms with van der Waals surface area (Å²) in [5, 5.41) is 3.22. The Morgan fingerprint density at radius 1 is 1.26 bits per heavy atom. The van der Waals surface area contributed by atoms with E-state index in [2.05, 4.69) is 5.32 Å². The van der Waals surface area contributed by atoms with Crippen molar-refractivity contribution in [3.05, 3.63) is 23.8 Å². The summed E-state index contributed by atoms with van der Waals surface area (Å²) in [6.45, 7) is 0.827. The Bertz CT molecular complexity index is 488. The summed E-state index contributed by atoms with van der Waals surface area (Å²) in [5.74, 6) is 0.815. The fraction of sp³-hybridized carbons (Fsp3) is 0.571. The molecule has 5 heteroatoms. The number of alkyl halides is 3. The standard InChI is InChI=1S/C14H17F3N2/c15-14(16,17)10-3-4-12(11(18)7-10)19-8-13(5-6-13)9-1-2-9/h3-4,7,9,19H,1-2,5-6,8,18H2. The van der Waals surface area contributed by atoms with Crippen LogP contribution in [-0.2, 0) is 6.18 Å². The van der Waals surface area contributed by atoms with Crippen molar-refractivity contribution in [1.29, 1.82) is 0 Å². The van der Waals surface area contributed by atoms with Gasteiger partial charge in [-0.1, -0.05) is 0 Å². The Labute approximate surface area is 110 Å². The van der Waals surface area contributed by atoms with Gasteiger partial charge in [-0.05, 0) is 55.2 Å². The lowest BCUT2D eigenvalue weighted by Crippen LogP contribution is -2.18. The summed E-state index contributed by atoms with van der Waals surface area (Å²) >= 11 is 0. The molecule has 0 aromatic heterocycles. The lowest BCUT2D eigenvalue weighted by atomic mass is 10.0. The summed E-state index contributed by atoms with van der Waals surface area (Å²) in [6.07, 6.45) is 0.711. The highest BCUT2D eigenvalue weighted by atomic mass is 19.4. The Balaban J connectivity index is 1.68. The van der Waals surface area contributed by atoms with Crippen LogP contribution in [0.15, 0.2) is 18.2 Å². The molecular formula is C14H17F3N2. The van der Waals surface area contributed by atoms with E-state index in [1.54, 1.807) is 0 Å². The molecule has 2 nitrogen and oxygen atoms in total. The van der Waals surface area contributed by atoms with Gasteiger partial charge in [0.25, 0.3) is 0 Å². The summed E-state index contributed by atoms with van der Waals surface area (Å²) in [4.78, 5) is 0. The molecule has 0 aliphatic heterocycles. The first kappa shape index (κ1) is 12.6. The van der Waals surface area contributed by atoms with Crippen molar-refractivity contribution in [2.45, 2.75) is 31.9 Å². The zero-order valence-corrected chi connectivity index (χ0v) is 10.6. The third kappa shape index (κ3) is 2.51. The summed E-state index contributed by atoms with van der Waals surface area (Å²) in [6, 6.07) is 3.51. The maximum Gasteiger partial charge on any atom is 0.416 e. The van der Waals surface area contributed by atoms with Gasteiger partial charge in [-0.25, -0.2) is 0 Å². The van der Waals surface area contributed by atoms with Crippen molar-refractivity contribution in [2.24, 2.45) is 11.3 Å². The number of benzene rings is 1. The summed E-state index contributed by atoms with van der Waals surface area (Å²) in [5.41, 5.74) is 6.18. The van der Waals surface area contributed by atoms with E-state index in [9.17, 15) is 13.2 Å². The normalized spacial score (nSPS) is 21.2. The summed E-state index contributed by atoms with van der Waals surface area (Å²) < 4.78 is 37.6. The van der Waals surface area contributed by atoms with Crippen molar-refractivity contribution >= 4 is 11.4 Å². The van der Waals surface area contributed by atoms with Gasteiger partial charge in [0.15, 0.2) is 0 Å². The van der Waals surface area contributed by atoms with Crippen LogP contribution < -0.4 is 11.1 Å². The Morgan fingerprint density at radius 2 is 1.95 bits per heavy atom. The smallest absolute Gasteiger partial charge is 0.397 e. The van der Waals surface area contributed by atoms with Crippen molar-refractivity contribution in [2.75, 3.05) is 17.6 Å². The van der Waals surface area contributed by atoms with Crippen LogP contribution in [-0.4, -0.2) is 6.54 Å². The van der Waals surface area contributed by atoms with Gasteiger partial charge in [-0.15, -0.1) is 0 Å². The predicted molar refractivity (Wildman–Crippen MR) is 68.7 cm³/mol. The van der Waals surface area contributed by atoms with E-state index in [4.69, 9.17) is 5.73 Å².